The number of hydrogen-bond acceptors (Lipinski definition) is 5. The highest BCUT2D eigenvalue weighted by atomic mass is 16.5. The average Bonchev–Trinajstić information content (AvgIpc) is 3.08. The molecule has 7 heteroatoms. The monoisotopic (exact) mass is 394 g/mol. The third-order valence-corrected chi connectivity index (χ3v) is 5.70. The largest absolute Gasteiger partial charge is 0.489 e. The second kappa shape index (κ2) is 7.33. The Morgan fingerprint density at radius 1 is 1.10 bits per heavy atom. The summed E-state index contributed by atoms with van der Waals surface area (Å²) in [6.07, 6.45) is 0.500. The molecule has 1 unspecified atom stereocenters. The Kier molecular flexibility index (Phi) is 4.84. The first-order valence-electron chi connectivity index (χ1n) is 9.52. The van der Waals surface area contributed by atoms with Crippen molar-refractivity contribution in [1.29, 1.82) is 0 Å². The maximum absolute atomic E-state index is 13.0. The van der Waals surface area contributed by atoms with Crippen molar-refractivity contribution in [3.63, 3.8) is 0 Å². The average molecular weight is 394 g/mol. The summed E-state index contributed by atoms with van der Waals surface area (Å²) in [6, 6.07) is 12.7. The van der Waals surface area contributed by atoms with Crippen LogP contribution in [0.5, 0.6) is 5.75 Å². The van der Waals surface area contributed by atoms with Gasteiger partial charge in [0.15, 0.2) is 0 Å². The van der Waals surface area contributed by atoms with Gasteiger partial charge in [-0.3, -0.25) is 19.7 Å². The predicted octanol–water partition coefficient (Wildman–Crippen LogP) is 1.91. The number of ether oxygens (including phenoxy) is 1. The van der Waals surface area contributed by atoms with Crippen molar-refractivity contribution in [3.05, 3.63) is 64.7 Å². The van der Waals surface area contributed by atoms with E-state index in [2.05, 4.69) is 5.32 Å². The summed E-state index contributed by atoms with van der Waals surface area (Å²) in [6.45, 7) is 2.26. The van der Waals surface area contributed by atoms with Gasteiger partial charge in [0, 0.05) is 17.5 Å². The van der Waals surface area contributed by atoms with E-state index in [-0.39, 0.29) is 31.4 Å². The van der Waals surface area contributed by atoms with Gasteiger partial charge in [-0.25, -0.2) is 0 Å². The first kappa shape index (κ1) is 19.1. The Morgan fingerprint density at radius 3 is 2.52 bits per heavy atom. The lowest BCUT2D eigenvalue weighted by atomic mass is 9.89. The predicted molar refractivity (Wildman–Crippen MR) is 104 cm³/mol. The van der Waals surface area contributed by atoms with E-state index in [0.29, 0.717) is 24.3 Å². The summed E-state index contributed by atoms with van der Waals surface area (Å²) in [7, 11) is 0. The molecule has 0 saturated carbocycles. The number of imide groups is 1. The molecule has 1 saturated heterocycles. The molecular formula is C22H22N2O5. The molecule has 2 heterocycles. The normalized spacial score (nSPS) is 21.2. The Morgan fingerprint density at radius 2 is 1.83 bits per heavy atom. The molecule has 4 rings (SSSR count). The Hall–Kier alpha value is -3.19. The van der Waals surface area contributed by atoms with E-state index in [1.165, 1.54) is 4.90 Å². The maximum Gasteiger partial charge on any atom is 0.255 e. The van der Waals surface area contributed by atoms with E-state index < -0.39 is 11.4 Å². The number of amides is 3. The van der Waals surface area contributed by atoms with Gasteiger partial charge >= 0.3 is 0 Å². The van der Waals surface area contributed by atoms with Crippen LogP contribution in [-0.2, 0) is 29.3 Å². The summed E-state index contributed by atoms with van der Waals surface area (Å²) in [4.78, 5) is 38.5. The van der Waals surface area contributed by atoms with Crippen molar-refractivity contribution in [1.82, 2.24) is 10.2 Å². The number of rotatable bonds is 5. The minimum absolute atomic E-state index is 0.0107. The van der Waals surface area contributed by atoms with E-state index in [1.54, 1.807) is 19.1 Å². The van der Waals surface area contributed by atoms with Crippen molar-refractivity contribution in [2.24, 2.45) is 0 Å². The second-order valence-corrected chi connectivity index (χ2v) is 7.59. The van der Waals surface area contributed by atoms with Gasteiger partial charge in [-0.2, -0.15) is 0 Å². The molecule has 0 bridgehead atoms. The number of nitrogens with zero attached hydrogens (tertiary/aromatic N) is 1. The minimum atomic E-state index is -1.07. The lowest BCUT2D eigenvalue weighted by molar-refractivity contribution is -0.142. The maximum atomic E-state index is 13.0. The van der Waals surface area contributed by atoms with Crippen LogP contribution < -0.4 is 10.1 Å². The van der Waals surface area contributed by atoms with E-state index in [9.17, 15) is 14.4 Å². The molecule has 0 spiro atoms. The summed E-state index contributed by atoms with van der Waals surface area (Å²) < 4.78 is 5.97. The third-order valence-electron chi connectivity index (χ3n) is 5.70. The van der Waals surface area contributed by atoms with Crippen LogP contribution in [0.2, 0.25) is 0 Å². The molecule has 29 heavy (non-hydrogen) atoms. The topological polar surface area (TPSA) is 95.9 Å². The first-order valence-corrected chi connectivity index (χ1v) is 9.52. The minimum Gasteiger partial charge on any atom is -0.489 e. The third kappa shape index (κ3) is 3.38. The Labute approximate surface area is 168 Å². The van der Waals surface area contributed by atoms with Crippen LogP contribution in [0.25, 0.3) is 0 Å². The first-order chi connectivity index (χ1) is 13.9. The number of piperidine rings is 1. The fourth-order valence-electron chi connectivity index (χ4n) is 3.79. The molecule has 1 fully saturated rings. The molecular weight excluding hydrogens is 372 g/mol. The summed E-state index contributed by atoms with van der Waals surface area (Å²) in [5, 5.41) is 11.5. The van der Waals surface area contributed by atoms with Crippen LogP contribution in [-0.4, -0.2) is 33.3 Å². The fourth-order valence-corrected chi connectivity index (χ4v) is 3.79. The van der Waals surface area contributed by atoms with E-state index in [1.807, 2.05) is 30.3 Å². The van der Waals surface area contributed by atoms with Crippen LogP contribution in [0.15, 0.2) is 42.5 Å². The van der Waals surface area contributed by atoms with Crippen LogP contribution in [0.3, 0.4) is 0 Å². The number of aliphatic hydroxyl groups is 1. The van der Waals surface area contributed by atoms with Gasteiger partial charge in [0.1, 0.15) is 17.9 Å². The van der Waals surface area contributed by atoms with Gasteiger partial charge in [0.2, 0.25) is 5.91 Å². The van der Waals surface area contributed by atoms with Crippen LogP contribution >= 0.6 is 0 Å². The number of hydrogen-bond donors (Lipinski definition) is 2. The highest BCUT2D eigenvalue weighted by molar-refractivity contribution is 6.07. The number of fused-ring (bicyclic) bond motifs is 1. The van der Waals surface area contributed by atoms with E-state index >= 15 is 0 Å². The number of aliphatic hydroxyl groups excluding tert-OH is 1. The molecule has 0 aliphatic carbocycles. The van der Waals surface area contributed by atoms with Crippen molar-refractivity contribution in [2.75, 3.05) is 0 Å². The molecule has 2 aromatic carbocycles. The zero-order valence-electron chi connectivity index (χ0n) is 16.1. The summed E-state index contributed by atoms with van der Waals surface area (Å²) in [5.41, 5.74) is 1.96. The number of nitrogens with one attached hydrogen (secondary N) is 1. The smallest absolute Gasteiger partial charge is 0.255 e. The van der Waals surface area contributed by atoms with Gasteiger partial charge < -0.3 is 14.7 Å². The number of carbonyl (C=O) groups is 3. The standard InChI is InChI=1S/C22H22N2O5/c1-22(10-9-19(26)23-21(22)28)24-11-17-16(20(24)27)3-2-4-18(17)29-13-15-7-5-14(12-25)6-8-15/h2-8,25H,9-13H2,1H3,(H,23,26,28). The quantitative estimate of drug-likeness (QED) is 0.756. The van der Waals surface area contributed by atoms with E-state index in [4.69, 9.17) is 9.84 Å². The molecule has 150 valence electrons. The molecule has 2 aliphatic heterocycles. The molecule has 7 nitrogen and oxygen atoms in total. The zero-order chi connectivity index (χ0) is 20.6. The Balaban J connectivity index is 1.54. The van der Waals surface area contributed by atoms with Crippen molar-refractivity contribution >= 4 is 17.7 Å². The van der Waals surface area contributed by atoms with Gasteiger partial charge in [0.05, 0.1) is 13.2 Å². The van der Waals surface area contributed by atoms with Gasteiger partial charge in [-0.15, -0.1) is 0 Å². The van der Waals surface area contributed by atoms with Crippen molar-refractivity contribution in [3.8, 4) is 5.75 Å². The number of benzene rings is 2. The van der Waals surface area contributed by atoms with Gasteiger partial charge in [-0.1, -0.05) is 30.3 Å². The van der Waals surface area contributed by atoms with Gasteiger partial charge in [0.25, 0.3) is 11.8 Å². The zero-order valence-corrected chi connectivity index (χ0v) is 16.1. The number of carbonyl (C=O) groups excluding carboxylic acids is 3. The molecule has 0 aromatic heterocycles. The fraction of sp³-hybridized carbons (Fsp3) is 0.318. The molecule has 0 radical (unpaired) electrons. The highest BCUT2D eigenvalue weighted by Gasteiger charge is 2.48. The van der Waals surface area contributed by atoms with Crippen LogP contribution in [0.4, 0.5) is 0 Å². The van der Waals surface area contributed by atoms with Crippen molar-refractivity contribution in [2.45, 2.75) is 45.1 Å². The van der Waals surface area contributed by atoms with Crippen molar-refractivity contribution < 1.29 is 24.2 Å². The lowest BCUT2D eigenvalue weighted by Gasteiger charge is -2.39. The summed E-state index contributed by atoms with van der Waals surface area (Å²) in [5.74, 6) is -0.389. The molecule has 2 N–H and O–H groups in total. The molecule has 3 amide bonds. The molecule has 1 atom stereocenters. The lowest BCUT2D eigenvalue weighted by Crippen LogP contribution is -2.61. The Bertz CT molecular complexity index is 985. The van der Waals surface area contributed by atoms with Gasteiger partial charge in [-0.05, 0) is 36.6 Å². The molecule has 2 aromatic rings. The second-order valence-electron chi connectivity index (χ2n) is 7.59. The van der Waals surface area contributed by atoms with Crippen LogP contribution in [0.1, 0.15) is 46.8 Å². The highest BCUT2D eigenvalue weighted by Crippen LogP contribution is 2.37. The van der Waals surface area contributed by atoms with Crippen LogP contribution in [0, 0.1) is 0 Å². The summed E-state index contributed by atoms with van der Waals surface area (Å²) >= 11 is 0. The molecule has 2 aliphatic rings. The SMILES string of the molecule is CC1(N2Cc3c(OCc4ccc(CO)cc4)cccc3C2=O)CCC(=O)NC1=O. The van der Waals surface area contributed by atoms with E-state index in [0.717, 1.165) is 16.7 Å².